The summed E-state index contributed by atoms with van der Waals surface area (Å²) in [5.74, 6) is 0.780. The van der Waals surface area contributed by atoms with E-state index in [0.717, 1.165) is 55.7 Å². The number of H-pyrrole nitrogens is 1. The maximum absolute atomic E-state index is 13.1. The first kappa shape index (κ1) is 23.0. The summed E-state index contributed by atoms with van der Waals surface area (Å²) in [5.41, 5.74) is 6.67. The molecule has 0 aliphatic rings. The van der Waals surface area contributed by atoms with Crippen LogP contribution < -0.4 is 29.0 Å². The Morgan fingerprint density at radius 1 is 0.676 bits per heavy atom. The summed E-state index contributed by atoms with van der Waals surface area (Å²) in [6, 6.07) is 35.8. The summed E-state index contributed by atoms with van der Waals surface area (Å²) >= 11 is 0. The van der Waals surface area contributed by atoms with E-state index in [1.807, 2.05) is 84.9 Å². The van der Waals surface area contributed by atoms with Crippen molar-refractivity contribution in [1.29, 1.82) is 0 Å². The number of para-hydroxylation sites is 1. The average Bonchev–Trinajstić information content (AvgIpc) is 3.36. The van der Waals surface area contributed by atoms with Crippen LogP contribution in [-0.4, -0.2) is 14.5 Å². The molecule has 0 aliphatic carbocycles. The monoisotopic (exact) mass is 471 g/mol. The van der Waals surface area contributed by atoms with Gasteiger partial charge in [-0.25, -0.2) is 9.97 Å². The number of hydrogen-bond donors (Lipinski definition) is 0. The number of aromatic amines is 1. The molecule has 0 saturated heterocycles. The standard InChI is InChI=1S/C31H20N4O.Li/c36-26-18-16-24(25-17-15-21-14-13-20-10-7-19-32-27(20)28(21)33-25)30-29(26)34-31(22-8-3-1-4-9-22)35(30)23-11-5-2-6-12-23;/h1-19,36H;/q;+1. The molecule has 170 valence electrons. The van der Waals surface area contributed by atoms with Gasteiger partial charge in [0, 0.05) is 17.0 Å². The number of imidazole rings is 1. The molecule has 6 heteroatoms. The van der Waals surface area contributed by atoms with E-state index in [4.69, 9.17) is 4.98 Å². The van der Waals surface area contributed by atoms with Crippen molar-refractivity contribution in [1.82, 2.24) is 14.5 Å². The van der Waals surface area contributed by atoms with Crippen molar-refractivity contribution in [3.63, 3.8) is 0 Å². The summed E-state index contributed by atoms with van der Waals surface area (Å²) in [6.07, 6.45) is 1.79. The molecule has 37 heavy (non-hydrogen) atoms. The molecule has 0 unspecified atom stereocenters. The smallest absolute Gasteiger partial charge is 0.869 e. The third-order valence-electron chi connectivity index (χ3n) is 6.60. The molecule has 0 radical (unpaired) electrons. The Kier molecular flexibility index (Phi) is 5.73. The Morgan fingerprint density at radius 2 is 1.38 bits per heavy atom. The number of pyridine rings is 2. The van der Waals surface area contributed by atoms with Crippen LogP contribution in [0.15, 0.2) is 115 Å². The van der Waals surface area contributed by atoms with Crippen molar-refractivity contribution >= 4 is 32.8 Å². The second kappa shape index (κ2) is 9.22. The molecule has 0 aliphatic heterocycles. The van der Waals surface area contributed by atoms with E-state index in [1.165, 1.54) is 0 Å². The Hall–Kier alpha value is -4.43. The number of aromatic nitrogens is 4. The second-order valence-corrected chi connectivity index (χ2v) is 8.75. The number of nitrogens with zero attached hydrogens (tertiary/aromatic N) is 3. The van der Waals surface area contributed by atoms with Crippen LogP contribution in [0.1, 0.15) is 0 Å². The van der Waals surface area contributed by atoms with Crippen molar-refractivity contribution in [2.45, 2.75) is 0 Å². The molecule has 7 aromatic rings. The number of rotatable bonds is 3. The summed E-state index contributed by atoms with van der Waals surface area (Å²) in [4.78, 5) is 13.1. The molecule has 3 aromatic heterocycles. The van der Waals surface area contributed by atoms with E-state index in [9.17, 15) is 5.11 Å². The van der Waals surface area contributed by atoms with Crippen molar-refractivity contribution in [3.05, 3.63) is 115 Å². The van der Waals surface area contributed by atoms with E-state index in [0.29, 0.717) is 5.52 Å². The molecule has 0 saturated carbocycles. The van der Waals surface area contributed by atoms with Gasteiger partial charge in [-0.3, -0.25) is 4.98 Å². The van der Waals surface area contributed by atoms with Gasteiger partial charge in [0.1, 0.15) is 5.69 Å². The Morgan fingerprint density at radius 3 is 2.16 bits per heavy atom. The third kappa shape index (κ3) is 3.77. The van der Waals surface area contributed by atoms with Crippen LogP contribution in [-0.2, 0) is 0 Å². The fourth-order valence-corrected chi connectivity index (χ4v) is 4.92. The zero-order chi connectivity index (χ0) is 24.1. The maximum Gasteiger partial charge on any atom is 1.00 e. The average molecular weight is 471 g/mol. The molecule has 0 spiro atoms. The largest absolute Gasteiger partial charge is 1.00 e. The fourth-order valence-electron chi connectivity index (χ4n) is 4.92. The predicted octanol–water partition coefficient (Wildman–Crippen LogP) is 2.95. The summed E-state index contributed by atoms with van der Waals surface area (Å²) in [7, 11) is 0. The van der Waals surface area contributed by atoms with Crippen molar-refractivity contribution < 1.29 is 29.0 Å². The molecule has 0 amide bonds. The molecule has 3 heterocycles. The molecule has 7 rings (SSSR count). The minimum Gasteiger partial charge on any atom is -0.869 e. The Bertz CT molecular complexity index is 1900. The van der Waals surface area contributed by atoms with Crippen molar-refractivity contribution in [2.75, 3.05) is 0 Å². The van der Waals surface area contributed by atoms with Gasteiger partial charge in [0.15, 0.2) is 11.0 Å². The molecule has 0 fully saturated rings. The van der Waals surface area contributed by atoms with E-state index >= 15 is 0 Å². The van der Waals surface area contributed by atoms with Gasteiger partial charge in [-0.05, 0) is 42.5 Å². The normalized spacial score (nSPS) is 11.1. The van der Waals surface area contributed by atoms with E-state index in [2.05, 4.69) is 32.7 Å². The first-order valence-corrected chi connectivity index (χ1v) is 11.8. The van der Waals surface area contributed by atoms with Gasteiger partial charge in [-0.15, -0.1) is 0 Å². The fraction of sp³-hybridized carbons (Fsp3) is 0. The predicted molar refractivity (Wildman–Crippen MR) is 141 cm³/mol. The van der Waals surface area contributed by atoms with Crippen LogP contribution in [0.2, 0.25) is 0 Å². The van der Waals surface area contributed by atoms with Crippen LogP contribution in [0, 0.1) is 0 Å². The van der Waals surface area contributed by atoms with Crippen LogP contribution in [0.3, 0.4) is 0 Å². The molecule has 1 N–H and O–H groups in total. The van der Waals surface area contributed by atoms with E-state index in [1.54, 1.807) is 12.3 Å². The van der Waals surface area contributed by atoms with E-state index in [-0.39, 0.29) is 24.6 Å². The molecule has 0 atom stereocenters. The number of benzene rings is 4. The van der Waals surface area contributed by atoms with Gasteiger partial charge in [0.25, 0.3) is 5.82 Å². The first-order valence-electron chi connectivity index (χ1n) is 11.8. The van der Waals surface area contributed by atoms with Gasteiger partial charge < -0.3 is 5.11 Å². The summed E-state index contributed by atoms with van der Waals surface area (Å²) in [6.45, 7) is 0. The molecular weight excluding hydrogens is 451 g/mol. The van der Waals surface area contributed by atoms with Gasteiger partial charge in [-0.2, -0.15) is 4.57 Å². The van der Waals surface area contributed by atoms with Crippen LogP contribution in [0.25, 0.3) is 61.2 Å². The Balaban J connectivity index is 0.00000252. The third-order valence-corrected chi connectivity index (χ3v) is 6.60. The summed E-state index contributed by atoms with van der Waals surface area (Å²) in [5, 5.41) is 15.2. The molecule has 5 nitrogen and oxygen atoms in total. The number of nitrogens with one attached hydrogen (secondary N) is 1. The zero-order valence-electron chi connectivity index (χ0n) is 20.2. The maximum atomic E-state index is 13.1. The number of hydrogen-bond acceptors (Lipinski definition) is 3. The van der Waals surface area contributed by atoms with Crippen LogP contribution in [0.5, 0.6) is 5.75 Å². The van der Waals surface area contributed by atoms with Gasteiger partial charge >= 0.3 is 18.9 Å². The SMILES string of the molecule is [Li+].[O-]c1ccc(-c2ccc3ccc4cccnc4c3n2)c2c1[nH+]c(-c1ccccc1)n2-c1ccccc1. The van der Waals surface area contributed by atoms with Crippen LogP contribution >= 0.6 is 0 Å². The first-order chi connectivity index (χ1) is 17.8. The van der Waals surface area contributed by atoms with Crippen molar-refractivity contribution in [3.8, 4) is 34.1 Å². The Labute approximate surface area is 225 Å². The quantitative estimate of drug-likeness (QED) is 0.294. The van der Waals surface area contributed by atoms with Crippen molar-refractivity contribution in [2.24, 2.45) is 0 Å². The zero-order valence-corrected chi connectivity index (χ0v) is 20.2. The van der Waals surface area contributed by atoms with Gasteiger partial charge in [0.2, 0.25) is 0 Å². The van der Waals surface area contributed by atoms with Gasteiger partial charge in [0.05, 0.1) is 27.9 Å². The van der Waals surface area contributed by atoms with Gasteiger partial charge in [-0.1, -0.05) is 72.5 Å². The van der Waals surface area contributed by atoms with Crippen LogP contribution in [0.4, 0.5) is 0 Å². The summed E-state index contributed by atoms with van der Waals surface area (Å²) < 4.78 is 2.12. The minimum absolute atomic E-state index is 0. The molecular formula is C31H20LiN4O+. The number of fused-ring (bicyclic) bond motifs is 4. The molecule has 4 aromatic carbocycles. The minimum atomic E-state index is -0.0616. The molecule has 0 bridgehead atoms. The second-order valence-electron chi connectivity index (χ2n) is 8.75. The van der Waals surface area contributed by atoms with E-state index < -0.39 is 0 Å². The topological polar surface area (TPSA) is 67.9 Å².